The van der Waals surface area contributed by atoms with Crippen molar-refractivity contribution in [2.45, 2.75) is 36.6 Å². The molecule has 3 heterocycles. The molecule has 2 amide bonds. The van der Waals surface area contributed by atoms with E-state index in [1.54, 1.807) is 32.2 Å². The number of esters is 1. The molecule has 6 rings (SSSR count). The number of thiazole rings is 1. The molecule has 9 nitrogen and oxygen atoms in total. The lowest BCUT2D eigenvalue weighted by Crippen LogP contribution is -2.32. The first-order valence-corrected chi connectivity index (χ1v) is 15.4. The first kappa shape index (κ1) is 28.8. The highest BCUT2D eigenvalue weighted by molar-refractivity contribution is 8.00. The normalized spacial score (nSPS) is 19.1. The third-order valence-corrected chi connectivity index (χ3v) is 10.1. The molecule has 3 atom stereocenters. The highest BCUT2D eigenvalue weighted by Crippen LogP contribution is 2.53. The van der Waals surface area contributed by atoms with Crippen LogP contribution in [0.1, 0.15) is 44.8 Å². The van der Waals surface area contributed by atoms with Crippen LogP contribution in [0.3, 0.4) is 0 Å². The van der Waals surface area contributed by atoms with Gasteiger partial charge in [0.15, 0.2) is 11.5 Å². The van der Waals surface area contributed by atoms with Gasteiger partial charge in [-0.1, -0.05) is 53.4 Å². The number of methoxy groups -OCH3 is 1. The number of ether oxygens (including phenoxy) is 3. The molecule has 2 aliphatic heterocycles. The first-order valence-electron chi connectivity index (χ1n) is 13.7. The average molecular weight is 617 g/mol. The number of aromatic nitrogens is 1. The third-order valence-electron chi connectivity index (χ3n) is 7.65. The summed E-state index contributed by atoms with van der Waals surface area (Å²) in [6, 6.07) is 19.6. The van der Waals surface area contributed by atoms with Crippen LogP contribution < -0.4 is 19.2 Å². The van der Waals surface area contributed by atoms with E-state index in [1.807, 2.05) is 43.3 Å². The molecule has 2 aliphatic rings. The zero-order chi connectivity index (χ0) is 30.2. The van der Waals surface area contributed by atoms with Gasteiger partial charge in [0, 0.05) is 10.8 Å². The molecule has 0 bridgehead atoms. The van der Waals surface area contributed by atoms with Crippen molar-refractivity contribution in [3.05, 3.63) is 104 Å². The number of amides is 2. The van der Waals surface area contributed by atoms with E-state index < -0.39 is 23.1 Å². The summed E-state index contributed by atoms with van der Waals surface area (Å²) in [6.45, 7) is 4.34. The molecule has 1 saturated heterocycles. The number of aromatic amines is 1. The maximum atomic E-state index is 14.0. The number of carbonyl (C=O) groups excluding carboxylic acids is 3. The smallest absolute Gasteiger partial charge is 0.338 e. The van der Waals surface area contributed by atoms with E-state index >= 15 is 0 Å². The molecular formula is C32H28N2O7S2. The number of benzene rings is 3. The Morgan fingerprint density at radius 2 is 1.74 bits per heavy atom. The summed E-state index contributed by atoms with van der Waals surface area (Å²) >= 11 is 2.25. The highest BCUT2D eigenvalue weighted by Gasteiger charge is 2.56. The van der Waals surface area contributed by atoms with Crippen LogP contribution in [0.4, 0.5) is 5.69 Å². The maximum Gasteiger partial charge on any atom is 0.338 e. The summed E-state index contributed by atoms with van der Waals surface area (Å²) in [6.07, 6.45) is 0. The van der Waals surface area contributed by atoms with Gasteiger partial charge in [-0.25, -0.2) is 9.69 Å². The van der Waals surface area contributed by atoms with Gasteiger partial charge in [0.25, 0.3) is 0 Å². The number of nitrogens with one attached hydrogen (secondary N) is 1. The van der Waals surface area contributed by atoms with Gasteiger partial charge in [-0.05, 0) is 66.9 Å². The maximum absolute atomic E-state index is 14.0. The van der Waals surface area contributed by atoms with E-state index in [2.05, 4.69) is 4.98 Å². The molecule has 2 unspecified atom stereocenters. The van der Waals surface area contributed by atoms with Crippen LogP contribution in [0.2, 0.25) is 0 Å². The molecule has 43 heavy (non-hydrogen) atoms. The van der Waals surface area contributed by atoms with Crippen molar-refractivity contribution in [1.29, 1.82) is 0 Å². The Morgan fingerprint density at radius 3 is 2.47 bits per heavy atom. The van der Waals surface area contributed by atoms with E-state index in [0.29, 0.717) is 39.3 Å². The standard InChI is InChI=1S/C32H28N2O7S2/c1-4-40-31(37)18-9-12-21(13-10-18)34-29(35)25-24(26-28(33-32(38)43-26)42-27(25)30(34)36)19-11-14-22(23(15-19)39-3)41-16-20-8-6-5-7-17(20)2/h5-15,24-25,27H,4,16H2,1-3H3,(H,33,38)/t24-,25?,27?/m1/s1. The molecule has 1 fully saturated rings. The SMILES string of the molecule is CCOC(=O)c1ccc(N2C(=O)C3Sc4[nH]c(=O)sc4[C@H](c4ccc(OCc5ccccc5C)c(OC)c4)C3C2=O)cc1. The number of H-pyrrole nitrogens is 1. The number of hydrogen-bond donors (Lipinski definition) is 1. The lowest BCUT2D eigenvalue weighted by atomic mass is 9.83. The van der Waals surface area contributed by atoms with Crippen LogP contribution in [0.5, 0.6) is 11.5 Å². The van der Waals surface area contributed by atoms with Gasteiger partial charge >= 0.3 is 10.8 Å². The van der Waals surface area contributed by atoms with Crippen LogP contribution in [0.15, 0.2) is 76.6 Å². The van der Waals surface area contributed by atoms with Gasteiger partial charge in [0.2, 0.25) is 11.8 Å². The van der Waals surface area contributed by atoms with Crippen LogP contribution >= 0.6 is 23.1 Å². The van der Waals surface area contributed by atoms with E-state index in [1.165, 1.54) is 28.8 Å². The number of hydrogen-bond acceptors (Lipinski definition) is 9. The number of nitrogens with zero attached hydrogens (tertiary/aromatic N) is 1. The van der Waals surface area contributed by atoms with E-state index in [9.17, 15) is 19.2 Å². The van der Waals surface area contributed by atoms with E-state index in [-0.39, 0.29) is 23.3 Å². The summed E-state index contributed by atoms with van der Waals surface area (Å²) < 4.78 is 16.8. The largest absolute Gasteiger partial charge is 0.493 e. The predicted molar refractivity (Wildman–Crippen MR) is 163 cm³/mol. The molecule has 0 spiro atoms. The Kier molecular flexibility index (Phi) is 7.85. The number of thioether (sulfide) groups is 1. The molecule has 0 aliphatic carbocycles. The van der Waals surface area contributed by atoms with Gasteiger partial charge in [0.1, 0.15) is 11.9 Å². The van der Waals surface area contributed by atoms with E-state index in [0.717, 1.165) is 28.0 Å². The summed E-state index contributed by atoms with van der Waals surface area (Å²) in [5, 5.41) is -0.163. The third kappa shape index (κ3) is 5.23. The van der Waals surface area contributed by atoms with Crippen LogP contribution in [0, 0.1) is 12.8 Å². The van der Waals surface area contributed by atoms with Crippen molar-refractivity contribution < 1.29 is 28.6 Å². The molecule has 0 radical (unpaired) electrons. The Labute approximate surface area is 255 Å². The molecule has 1 N–H and O–H groups in total. The van der Waals surface area contributed by atoms with Crippen LogP contribution in [-0.2, 0) is 20.9 Å². The minimum atomic E-state index is -0.760. The Balaban J connectivity index is 1.34. The summed E-state index contributed by atoms with van der Waals surface area (Å²) in [4.78, 5) is 56.8. The minimum Gasteiger partial charge on any atom is -0.493 e. The van der Waals surface area contributed by atoms with Crippen molar-refractivity contribution >= 4 is 46.6 Å². The van der Waals surface area contributed by atoms with E-state index in [4.69, 9.17) is 14.2 Å². The fourth-order valence-electron chi connectivity index (χ4n) is 5.52. The first-order chi connectivity index (χ1) is 20.8. The number of anilines is 1. The Bertz CT molecular complexity index is 1780. The minimum absolute atomic E-state index is 0.239. The Morgan fingerprint density at radius 1 is 0.977 bits per heavy atom. The Hall–Kier alpha value is -4.35. The molecule has 3 aromatic carbocycles. The second kappa shape index (κ2) is 11.7. The second-order valence-electron chi connectivity index (χ2n) is 10.2. The van der Waals surface area contributed by atoms with Gasteiger partial charge in [0.05, 0.1) is 35.9 Å². The fourth-order valence-corrected chi connectivity index (χ4v) is 8.03. The molecule has 1 aromatic heterocycles. The quantitative estimate of drug-likeness (QED) is 0.209. The summed E-state index contributed by atoms with van der Waals surface area (Å²) in [5.41, 5.74) is 3.58. The number of imide groups is 1. The number of fused-ring (bicyclic) bond motifs is 2. The van der Waals surface area contributed by atoms with Crippen molar-refractivity contribution in [3.8, 4) is 11.5 Å². The molecule has 0 saturated carbocycles. The molecule has 220 valence electrons. The van der Waals surface area contributed by atoms with Crippen molar-refractivity contribution in [2.24, 2.45) is 5.92 Å². The zero-order valence-corrected chi connectivity index (χ0v) is 25.3. The average Bonchev–Trinajstić information content (AvgIpc) is 3.50. The number of rotatable bonds is 8. The highest BCUT2D eigenvalue weighted by atomic mass is 32.2. The number of carbonyl (C=O) groups is 3. The van der Waals surface area contributed by atoms with Crippen molar-refractivity contribution in [2.75, 3.05) is 18.6 Å². The lowest BCUT2D eigenvalue weighted by molar-refractivity contribution is -0.122. The lowest BCUT2D eigenvalue weighted by Gasteiger charge is -2.30. The number of aryl methyl sites for hydroxylation is 1. The molecule has 4 aromatic rings. The fraction of sp³-hybridized carbons (Fsp3) is 0.250. The van der Waals surface area contributed by atoms with Crippen molar-refractivity contribution in [1.82, 2.24) is 4.98 Å². The van der Waals surface area contributed by atoms with Gasteiger partial charge < -0.3 is 19.2 Å². The van der Waals surface area contributed by atoms with Crippen molar-refractivity contribution in [3.63, 3.8) is 0 Å². The predicted octanol–water partition coefficient (Wildman–Crippen LogP) is 5.30. The monoisotopic (exact) mass is 616 g/mol. The molecule has 11 heteroatoms. The van der Waals surface area contributed by atoms with Crippen LogP contribution in [-0.4, -0.2) is 41.7 Å². The topological polar surface area (TPSA) is 115 Å². The van der Waals surface area contributed by atoms with Gasteiger partial charge in [-0.3, -0.25) is 14.4 Å². The second-order valence-corrected chi connectivity index (χ2v) is 12.3. The van der Waals surface area contributed by atoms with Gasteiger partial charge in [-0.2, -0.15) is 0 Å². The molecular weight excluding hydrogens is 588 g/mol. The summed E-state index contributed by atoms with van der Waals surface area (Å²) in [7, 11) is 1.55. The zero-order valence-electron chi connectivity index (χ0n) is 23.6. The van der Waals surface area contributed by atoms with Crippen LogP contribution in [0.25, 0.3) is 0 Å². The van der Waals surface area contributed by atoms with Gasteiger partial charge in [-0.15, -0.1) is 0 Å². The summed E-state index contributed by atoms with van der Waals surface area (Å²) in [5.74, 6) is -1.54.